The molecule has 0 saturated heterocycles. The number of fused-ring (bicyclic) bond motifs is 1. The fourth-order valence-corrected chi connectivity index (χ4v) is 4.14. The molecule has 2 aromatic heterocycles. The summed E-state index contributed by atoms with van der Waals surface area (Å²) in [5.74, 6) is -0.792. The van der Waals surface area contributed by atoms with Crippen LogP contribution >= 0.6 is 0 Å². The minimum Gasteiger partial charge on any atom is -0.357 e. The Labute approximate surface area is 227 Å². The summed E-state index contributed by atoms with van der Waals surface area (Å²) in [6, 6.07) is 11.7. The van der Waals surface area contributed by atoms with Crippen molar-refractivity contribution < 1.29 is 14.4 Å². The van der Waals surface area contributed by atoms with Crippen LogP contribution in [0.15, 0.2) is 55.0 Å². The number of rotatable bonds is 9. The molecule has 0 aliphatic heterocycles. The number of benzene rings is 2. The third-order valence-corrected chi connectivity index (χ3v) is 6.42. The van der Waals surface area contributed by atoms with E-state index in [1.165, 1.54) is 12.5 Å². The lowest BCUT2D eigenvalue weighted by Crippen LogP contribution is -2.25. The van der Waals surface area contributed by atoms with Crippen LogP contribution in [0.5, 0.6) is 0 Å². The predicted octanol–water partition coefficient (Wildman–Crippen LogP) is 4.82. The van der Waals surface area contributed by atoms with Gasteiger partial charge in [0.25, 0.3) is 11.8 Å². The fraction of sp³-hybridized carbons (Fsp3) is 0.233. The summed E-state index contributed by atoms with van der Waals surface area (Å²) in [6.07, 6.45) is 7.20. The van der Waals surface area contributed by atoms with E-state index in [2.05, 4.69) is 30.9 Å². The van der Waals surface area contributed by atoms with Crippen molar-refractivity contribution >= 4 is 40.5 Å². The quantitative estimate of drug-likeness (QED) is 0.250. The molecule has 0 aliphatic carbocycles. The average Bonchev–Trinajstić information content (AvgIpc) is 3.38. The third-order valence-electron chi connectivity index (χ3n) is 6.42. The van der Waals surface area contributed by atoms with Crippen LogP contribution in [0, 0.1) is 13.8 Å². The lowest BCUT2D eigenvalue weighted by Gasteiger charge is -2.11. The number of allylic oxidation sites excluding steroid dienone is 1. The van der Waals surface area contributed by atoms with Gasteiger partial charge in [-0.2, -0.15) is 0 Å². The van der Waals surface area contributed by atoms with E-state index in [-0.39, 0.29) is 24.1 Å². The maximum absolute atomic E-state index is 13.0. The van der Waals surface area contributed by atoms with Crippen LogP contribution in [0.25, 0.3) is 17.1 Å². The highest BCUT2D eigenvalue weighted by molar-refractivity contribution is 6.10. The molecule has 3 amide bonds. The number of nitrogens with one attached hydrogen (secondary N) is 4. The van der Waals surface area contributed by atoms with Crippen molar-refractivity contribution in [2.45, 2.75) is 47.2 Å². The van der Waals surface area contributed by atoms with Gasteiger partial charge in [0.15, 0.2) is 5.69 Å². The summed E-state index contributed by atoms with van der Waals surface area (Å²) in [6.45, 7) is 8.30. The van der Waals surface area contributed by atoms with E-state index in [4.69, 9.17) is 0 Å². The largest absolute Gasteiger partial charge is 0.357 e. The van der Waals surface area contributed by atoms with Crippen molar-refractivity contribution in [1.29, 1.82) is 0 Å². The van der Waals surface area contributed by atoms with Crippen LogP contribution in [-0.2, 0) is 17.9 Å². The number of hydrogen-bond donors (Lipinski definition) is 4. The fourth-order valence-electron chi connectivity index (χ4n) is 4.14. The van der Waals surface area contributed by atoms with Crippen molar-refractivity contribution in [3.8, 4) is 0 Å². The Balaban J connectivity index is 1.45. The molecule has 4 rings (SSSR count). The molecule has 2 heterocycles. The molecule has 4 N–H and O–H groups in total. The smallest absolute Gasteiger partial charge is 0.272 e. The van der Waals surface area contributed by atoms with Crippen LogP contribution in [-0.4, -0.2) is 32.7 Å². The van der Waals surface area contributed by atoms with Gasteiger partial charge in [-0.1, -0.05) is 43.3 Å². The second-order valence-corrected chi connectivity index (χ2v) is 9.26. The number of aromatic nitrogens is 3. The summed E-state index contributed by atoms with van der Waals surface area (Å²) < 4.78 is 0. The first-order chi connectivity index (χ1) is 18.8. The predicted molar refractivity (Wildman–Crippen MR) is 152 cm³/mol. The minimum absolute atomic E-state index is 0.0773. The molecule has 2 aromatic carbocycles. The lowest BCUT2D eigenvalue weighted by molar-refractivity contribution is -0.115. The van der Waals surface area contributed by atoms with E-state index in [0.717, 1.165) is 27.8 Å². The molecule has 0 spiro atoms. The number of carbonyl (C=O) groups is 3. The molecule has 0 saturated carbocycles. The van der Waals surface area contributed by atoms with Crippen molar-refractivity contribution in [2.24, 2.45) is 0 Å². The zero-order valence-corrected chi connectivity index (χ0v) is 22.5. The second-order valence-electron chi connectivity index (χ2n) is 9.26. The average molecular weight is 525 g/mol. The number of anilines is 1. The normalized spacial score (nSPS) is 11.1. The molecule has 0 atom stereocenters. The number of nitrogens with zero attached hydrogens (tertiary/aromatic N) is 2. The molecule has 39 heavy (non-hydrogen) atoms. The van der Waals surface area contributed by atoms with Gasteiger partial charge in [-0.05, 0) is 60.7 Å². The number of aryl methyl sites for hydroxylation is 2. The van der Waals surface area contributed by atoms with Gasteiger partial charge in [-0.25, -0.2) is 9.97 Å². The van der Waals surface area contributed by atoms with Crippen LogP contribution in [0.1, 0.15) is 68.9 Å². The Morgan fingerprint density at radius 1 is 0.923 bits per heavy atom. The molecular weight excluding hydrogens is 492 g/mol. The van der Waals surface area contributed by atoms with E-state index in [0.29, 0.717) is 35.2 Å². The number of aromatic amines is 1. The molecular formula is C30H32N6O3. The van der Waals surface area contributed by atoms with E-state index in [1.807, 2.05) is 69.3 Å². The van der Waals surface area contributed by atoms with E-state index in [9.17, 15) is 14.4 Å². The van der Waals surface area contributed by atoms with E-state index in [1.54, 1.807) is 6.92 Å². The van der Waals surface area contributed by atoms with E-state index < -0.39 is 5.91 Å². The van der Waals surface area contributed by atoms with Gasteiger partial charge in [0.05, 0.1) is 11.1 Å². The minimum atomic E-state index is -0.410. The first-order valence-corrected chi connectivity index (χ1v) is 12.8. The Kier molecular flexibility index (Phi) is 8.50. The van der Waals surface area contributed by atoms with Crippen LogP contribution in [0.3, 0.4) is 0 Å². The number of hydrogen-bond acceptors (Lipinski definition) is 5. The summed E-state index contributed by atoms with van der Waals surface area (Å²) in [5.41, 5.74) is 6.93. The van der Waals surface area contributed by atoms with Crippen LogP contribution < -0.4 is 16.0 Å². The molecule has 0 fully saturated rings. The van der Waals surface area contributed by atoms with Gasteiger partial charge < -0.3 is 20.9 Å². The number of carbonyl (C=O) groups excluding carboxylic acids is 3. The summed E-state index contributed by atoms with van der Waals surface area (Å²) >= 11 is 0. The number of H-pyrrole nitrogens is 1. The second kappa shape index (κ2) is 12.2. The maximum atomic E-state index is 13.0. The molecule has 200 valence electrons. The molecule has 0 bridgehead atoms. The summed E-state index contributed by atoms with van der Waals surface area (Å²) in [5, 5.41) is 8.66. The summed E-state index contributed by atoms with van der Waals surface area (Å²) in [7, 11) is 0. The highest BCUT2D eigenvalue weighted by Crippen LogP contribution is 2.20. The van der Waals surface area contributed by atoms with Gasteiger partial charge in [0.2, 0.25) is 5.91 Å². The Bertz CT molecular complexity index is 1570. The monoisotopic (exact) mass is 524 g/mol. The molecule has 0 radical (unpaired) electrons. The van der Waals surface area contributed by atoms with Gasteiger partial charge in [-0.3, -0.25) is 14.4 Å². The zero-order valence-electron chi connectivity index (χ0n) is 22.5. The molecule has 9 heteroatoms. The van der Waals surface area contributed by atoms with Gasteiger partial charge in [0, 0.05) is 31.4 Å². The molecule has 0 unspecified atom stereocenters. The highest BCUT2D eigenvalue weighted by atomic mass is 16.2. The van der Waals surface area contributed by atoms with Gasteiger partial charge in [0.1, 0.15) is 11.8 Å². The first-order valence-electron chi connectivity index (χ1n) is 12.8. The number of amides is 3. The molecule has 9 nitrogen and oxygen atoms in total. The Morgan fingerprint density at radius 2 is 1.62 bits per heavy atom. The van der Waals surface area contributed by atoms with Gasteiger partial charge in [-0.15, -0.1) is 0 Å². The lowest BCUT2D eigenvalue weighted by atomic mass is 10.0. The van der Waals surface area contributed by atoms with Crippen molar-refractivity contribution in [3.05, 3.63) is 94.1 Å². The van der Waals surface area contributed by atoms with Crippen molar-refractivity contribution in [1.82, 2.24) is 25.6 Å². The standard InChI is InChI=1S/C30H32N6O3/c1-5-7-22-12-20(10-8-18(22)3)14-32-29(38)23-16-31-27-26(23)34-17-35-28(27)30(39)33-15-21-11-9-19(4)24(13-21)36-25(37)6-2/h5,7-13,16-17,31H,6,14-15H2,1-4H3,(H,32,38)(H,33,39)(H,36,37)/b7-5-. The van der Waals surface area contributed by atoms with Crippen molar-refractivity contribution in [2.75, 3.05) is 5.32 Å². The summed E-state index contributed by atoms with van der Waals surface area (Å²) in [4.78, 5) is 49.2. The van der Waals surface area contributed by atoms with Gasteiger partial charge >= 0.3 is 0 Å². The zero-order chi connectivity index (χ0) is 27.9. The Morgan fingerprint density at radius 3 is 2.33 bits per heavy atom. The third kappa shape index (κ3) is 6.38. The Hall–Kier alpha value is -4.79. The van der Waals surface area contributed by atoms with Crippen LogP contribution in [0.4, 0.5) is 5.69 Å². The first kappa shape index (κ1) is 27.3. The highest BCUT2D eigenvalue weighted by Gasteiger charge is 2.19. The molecule has 4 aromatic rings. The topological polar surface area (TPSA) is 129 Å². The SMILES string of the molecule is C/C=C\c1cc(CNC(=O)c2c[nH]c3c(C(=O)NCc4ccc(C)c(NC(=O)CC)c4)ncnc23)ccc1C. The van der Waals surface area contributed by atoms with Crippen molar-refractivity contribution in [3.63, 3.8) is 0 Å². The molecule has 0 aliphatic rings. The van der Waals surface area contributed by atoms with Crippen LogP contribution in [0.2, 0.25) is 0 Å². The maximum Gasteiger partial charge on any atom is 0.272 e. The van der Waals surface area contributed by atoms with E-state index >= 15 is 0 Å².